The fraction of sp³-hybridized carbons (Fsp3) is 0.467. The molecule has 0 radical (unpaired) electrons. The van der Waals surface area contributed by atoms with Gasteiger partial charge in [-0.15, -0.1) is 0 Å². The lowest BCUT2D eigenvalue weighted by molar-refractivity contribution is 0.0996. The molecule has 9 heteroatoms. The predicted molar refractivity (Wildman–Crippen MR) is 93.0 cm³/mol. The summed E-state index contributed by atoms with van der Waals surface area (Å²) >= 11 is 0. The first-order valence-electron chi connectivity index (χ1n) is 7.96. The summed E-state index contributed by atoms with van der Waals surface area (Å²) in [5.74, 6) is 0.126. The van der Waals surface area contributed by atoms with Crippen molar-refractivity contribution >= 4 is 23.2 Å². The topological polar surface area (TPSA) is 148 Å². The van der Waals surface area contributed by atoms with Crippen molar-refractivity contribution in [1.29, 1.82) is 0 Å². The van der Waals surface area contributed by atoms with Gasteiger partial charge >= 0.3 is 0 Å². The van der Waals surface area contributed by atoms with Crippen LogP contribution in [0.3, 0.4) is 0 Å². The molecule has 1 amide bonds. The molecule has 130 valence electrons. The molecule has 2 aromatic heterocycles. The van der Waals surface area contributed by atoms with E-state index in [0.29, 0.717) is 11.5 Å². The van der Waals surface area contributed by atoms with Gasteiger partial charge in [-0.3, -0.25) is 9.89 Å². The second-order valence-electron chi connectivity index (χ2n) is 5.67. The number of aromatic amines is 1. The van der Waals surface area contributed by atoms with Crippen molar-refractivity contribution in [2.24, 2.45) is 11.5 Å². The lowest BCUT2D eigenvalue weighted by Crippen LogP contribution is -2.38. The van der Waals surface area contributed by atoms with Crippen molar-refractivity contribution in [3.63, 3.8) is 0 Å². The fourth-order valence-corrected chi connectivity index (χ4v) is 2.21. The molecule has 2 atom stereocenters. The summed E-state index contributed by atoms with van der Waals surface area (Å²) in [5, 5.41) is 12.7. The van der Waals surface area contributed by atoms with E-state index in [9.17, 15) is 4.79 Å². The van der Waals surface area contributed by atoms with Crippen molar-refractivity contribution in [2.75, 3.05) is 10.6 Å². The van der Waals surface area contributed by atoms with Crippen LogP contribution >= 0.6 is 0 Å². The zero-order valence-electron chi connectivity index (χ0n) is 13.9. The molecule has 0 aliphatic heterocycles. The van der Waals surface area contributed by atoms with Crippen molar-refractivity contribution in [3.05, 3.63) is 24.3 Å². The van der Waals surface area contributed by atoms with Gasteiger partial charge in [0.15, 0.2) is 11.5 Å². The van der Waals surface area contributed by atoms with E-state index in [1.807, 2.05) is 6.92 Å². The maximum atomic E-state index is 11.5. The van der Waals surface area contributed by atoms with Crippen molar-refractivity contribution in [2.45, 2.75) is 45.2 Å². The summed E-state index contributed by atoms with van der Waals surface area (Å²) in [7, 11) is 0. The number of amides is 1. The van der Waals surface area contributed by atoms with Crippen molar-refractivity contribution < 1.29 is 4.79 Å². The Kier molecular flexibility index (Phi) is 6.07. The van der Waals surface area contributed by atoms with Gasteiger partial charge < -0.3 is 22.1 Å². The summed E-state index contributed by atoms with van der Waals surface area (Å²) in [6, 6.07) is 0.0277. The first kappa shape index (κ1) is 17.7. The minimum Gasteiger partial charge on any atom is -0.365 e. The Labute approximate surface area is 140 Å². The van der Waals surface area contributed by atoms with E-state index < -0.39 is 5.91 Å². The Morgan fingerprint density at radius 1 is 1.42 bits per heavy atom. The minimum atomic E-state index is -0.659. The van der Waals surface area contributed by atoms with Crippen LogP contribution in [0.25, 0.3) is 0 Å². The van der Waals surface area contributed by atoms with Crippen LogP contribution in [0.4, 0.5) is 17.3 Å². The van der Waals surface area contributed by atoms with E-state index in [1.165, 1.54) is 6.20 Å². The average molecular weight is 332 g/mol. The normalized spacial score (nSPS) is 13.3. The van der Waals surface area contributed by atoms with Gasteiger partial charge in [0.25, 0.3) is 5.91 Å². The molecule has 0 spiro atoms. The van der Waals surface area contributed by atoms with Crippen LogP contribution in [-0.2, 0) is 0 Å². The van der Waals surface area contributed by atoms with E-state index in [1.54, 1.807) is 12.4 Å². The lowest BCUT2D eigenvalue weighted by atomic mass is 10.0. The van der Waals surface area contributed by atoms with Crippen LogP contribution in [0.5, 0.6) is 0 Å². The molecule has 0 unspecified atom stereocenters. The molecule has 0 aliphatic rings. The number of nitrogens with zero attached hydrogens (tertiary/aromatic N) is 3. The third kappa shape index (κ3) is 4.66. The predicted octanol–water partition coefficient (Wildman–Crippen LogP) is 1.36. The van der Waals surface area contributed by atoms with Gasteiger partial charge in [0.05, 0.1) is 18.1 Å². The van der Waals surface area contributed by atoms with Crippen LogP contribution in [0.1, 0.15) is 43.6 Å². The minimum absolute atomic E-state index is 0.00727. The summed E-state index contributed by atoms with van der Waals surface area (Å²) < 4.78 is 0. The Morgan fingerprint density at radius 3 is 2.83 bits per heavy atom. The van der Waals surface area contributed by atoms with Gasteiger partial charge in [-0.1, -0.05) is 19.8 Å². The Bertz CT molecular complexity index is 657. The van der Waals surface area contributed by atoms with E-state index >= 15 is 0 Å². The number of hydrogen-bond donors (Lipinski definition) is 5. The molecule has 0 aliphatic carbocycles. The van der Waals surface area contributed by atoms with E-state index in [4.69, 9.17) is 11.5 Å². The molecule has 2 aromatic rings. The van der Waals surface area contributed by atoms with Gasteiger partial charge in [-0.2, -0.15) is 5.10 Å². The van der Waals surface area contributed by atoms with Crippen LogP contribution < -0.4 is 22.1 Å². The Hall–Kier alpha value is -2.68. The molecule has 24 heavy (non-hydrogen) atoms. The zero-order valence-corrected chi connectivity index (χ0v) is 13.9. The highest BCUT2D eigenvalue weighted by atomic mass is 16.1. The van der Waals surface area contributed by atoms with Gasteiger partial charge in [0, 0.05) is 18.3 Å². The zero-order chi connectivity index (χ0) is 17.5. The molecule has 0 fully saturated rings. The molecule has 0 bridgehead atoms. The second-order valence-corrected chi connectivity index (χ2v) is 5.67. The number of hydrogen-bond acceptors (Lipinski definition) is 7. The van der Waals surface area contributed by atoms with E-state index in [2.05, 4.69) is 37.7 Å². The maximum Gasteiger partial charge on any atom is 0.271 e. The lowest BCUT2D eigenvalue weighted by Gasteiger charge is -2.22. The molecule has 2 rings (SSSR count). The number of unbranched alkanes of at least 4 members (excludes halogenated alkanes) is 1. The second kappa shape index (κ2) is 8.25. The smallest absolute Gasteiger partial charge is 0.271 e. The van der Waals surface area contributed by atoms with Crippen LogP contribution in [0.2, 0.25) is 0 Å². The van der Waals surface area contributed by atoms with Gasteiger partial charge in [0.1, 0.15) is 5.82 Å². The molecule has 2 heterocycles. The number of nitrogens with two attached hydrogens (primary N) is 2. The first-order chi connectivity index (χ1) is 11.5. The molecule has 0 saturated heterocycles. The Morgan fingerprint density at radius 2 is 2.21 bits per heavy atom. The third-order valence-electron chi connectivity index (χ3n) is 3.68. The van der Waals surface area contributed by atoms with Crippen LogP contribution in [0, 0.1) is 0 Å². The number of nitrogens with one attached hydrogen (secondary N) is 3. The number of carbonyl (C=O) groups excluding carboxylic acids is 1. The molecule has 0 saturated carbocycles. The number of aromatic nitrogens is 4. The highest BCUT2D eigenvalue weighted by molar-refractivity contribution is 5.96. The Balaban J connectivity index is 2.14. The van der Waals surface area contributed by atoms with E-state index in [0.717, 1.165) is 19.3 Å². The highest BCUT2D eigenvalue weighted by Gasteiger charge is 2.16. The van der Waals surface area contributed by atoms with Crippen molar-refractivity contribution in [1.82, 2.24) is 20.2 Å². The van der Waals surface area contributed by atoms with Gasteiger partial charge in [-0.25, -0.2) is 9.97 Å². The van der Waals surface area contributed by atoms with Gasteiger partial charge in [0.2, 0.25) is 0 Å². The maximum absolute atomic E-state index is 11.5. The number of H-pyrrole nitrogens is 1. The SMILES string of the molecule is CCCC[C@@H](N)[C@@H](C)Nc1cnc(C(N)=O)c(Nc2cn[nH]c2)n1. The quantitative estimate of drug-likeness (QED) is 0.465. The number of carbonyl (C=O) groups is 1. The molecular formula is C15H24N8O. The molecule has 0 aromatic carbocycles. The summed E-state index contributed by atoms with van der Waals surface area (Å²) in [5.41, 5.74) is 12.2. The molecule has 9 nitrogen and oxygen atoms in total. The molecule has 7 N–H and O–H groups in total. The fourth-order valence-electron chi connectivity index (χ4n) is 2.21. The number of primary amides is 1. The summed E-state index contributed by atoms with van der Waals surface area (Å²) in [6.45, 7) is 4.12. The number of rotatable bonds is 9. The summed E-state index contributed by atoms with van der Waals surface area (Å²) in [6.07, 6.45) is 7.78. The monoisotopic (exact) mass is 332 g/mol. The largest absolute Gasteiger partial charge is 0.365 e. The average Bonchev–Trinajstić information content (AvgIpc) is 3.05. The highest BCUT2D eigenvalue weighted by Crippen LogP contribution is 2.19. The summed E-state index contributed by atoms with van der Waals surface area (Å²) in [4.78, 5) is 20.0. The van der Waals surface area contributed by atoms with Crippen LogP contribution in [-0.4, -0.2) is 38.2 Å². The number of anilines is 3. The first-order valence-corrected chi connectivity index (χ1v) is 7.96. The van der Waals surface area contributed by atoms with Crippen molar-refractivity contribution in [3.8, 4) is 0 Å². The van der Waals surface area contributed by atoms with E-state index in [-0.39, 0.29) is 23.6 Å². The third-order valence-corrected chi connectivity index (χ3v) is 3.68. The van der Waals surface area contributed by atoms with Crippen LogP contribution in [0.15, 0.2) is 18.6 Å². The standard InChI is InChI=1S/C15H24N8O/c1-3-4-5-11(16)9(2)21-12-8-18-13(14(17)24)15(23-12)22-10-6-19-20-7-10/h6-9,11H,3-5,16H2,1-2H3,(H2,17,24)(H,19,20)(H2,21,22,23)/t9-,11-/m1/s1. The molecular weight excluding hydrogens is 308 g/mol. The van der Waals surface area contributed by atoms with Gasteiger partial charge in [-0.05, 0) is 13.3 Å².